The lowest BCUT2D eigenvalue weighted by molar-refractivity contribution is 0.340. The van der Waals surface area contributed by atoms with Crippen molar-refractivity contribution in [1.82, 2.24) is 14.8 Å². The molecule has 9 heteroatoms. The molecule has 8 nitrogen and oxygen atoms in total. The van der Waals surface area contributed by atoms with Crippen molar-refractivity contribution < 1.29 is 13.2 Å². The lowest BCUT2D eigenvalue weighted by atomic mass is 10.1. The van der Waals surface area contributed by atoms with Gasteiger partial charge in [0.05, 0.1) is 28.9 Å². The molecule has 0 spiro atoms. The van der Waals surface area contributed by atoms with Gasteiger partial charge in [-0.15, -0.1) is 0 Å². The van der Waals surface area contributed by atoms with Gasteiger partial charge in [0.25, 0.3) is 10.0 Å². The summed E-state index contributed by atoms with van der Waals surface area (Å²) in [6.45, 7) is 4.45. The molecule has 0 amide bonds. The predicted molar refractivity (Wildman–Crippen MR) is 142 cm³/mol. The number of hydrogen-bond acceptors (Lipinski definition) is 6. The average molecular weight is 500 g/mol. The first-order valence-corrected chi connectivity index (χ1v) is 12.9. The molecule has 0 aliphatic rings. The van der Waals surface area contributed by atoms with Gasteiger partial charge in [0, 0.05) is 28.5 Å². The molecule has 2 aromatic heterocycles. The van der Waals surface area contributed by atoms with Crippen LogP contribution in [-0.4, -0.2) is 29.8 Å². The summed E-state index contributed by atoms with van der Waals surface area (Å²) in [5.41, 5.74) is 4.08. The van der Waals surface area contributed by atoms with Crippen molar-refractivity contribution in [2.24, 2.45) is 0 Å². The van der Waals surface area contributed by atoms with Crippen LogP contribution in [0.15, 0.2) is 96.0 Å². The highest BCUT2D eigenvalue weighted by molar-refractivity contribution is 7.92. The smallest absolute Gasteiger partial charge is 0.263 e. The number of pyridine rings is 1. The number of hydrogen-bond donors (Lipinski definition) is 2. The predicted octanol–water partition coefficient (Wildman–Crippen LogP) is 5.67. The number of benzene rings is 3. The maximum Gasteiger partial charge on any atom is 0.263 e. The van der Waals surface area contributed by atoms with E-state index in [-0.39, 0.29) is 4.90 Å². The minimum Gasteiger partial charge on any atom is -0.494 e. The number of ether oxygens (including phenoxy) is 1. The summed E-state index contributed by atoms with van der Waals surface area (Å²) in [6, 6.07) is 25.3. The van der Waals surface area contributed by atoms with E-state index in [0.717, 1.165) is 39.4 Å². The number of anilines is 3. The topological polar surface area (TPSA) is 98.1 Å². The third-order valence-corrected chi connectivity index (χ3v) is 6.92. The summed E-state index contributed by atoms with van der Waals surface area (Å²) in [4.78, 5) is 4.74. The summed E-state index contributed by atoms with van der Waals surface area (Å²) in [5.74, 6) is 1.12. The summed E-state index contributed by atoms with van der Waals surface area (Å²) < 4.78 is 36.0. The maximum absolute atomic E-state index is 13.1. The molecule has 0 saturated heterocycles. The molecule has 0 aliphatic heterocycles. The van der Waals surface area contributed by atoms with Crippen LogP contribution < -0.4 is 14.8 Å². The number of sulfonamides is 1. The molecule has 36 heavy (non-hydrogen) atoms. The Morgan fingerprint density at radius 3 is 2.47 bits per heavy atom. The van der Waals surface area contributed by atoms with Crippen molar-refractivity contribution in [2.45, 2.75) is 18.7 Å². The molecule has 5 aromatic rings. The molecule has 0 unspecified atom stereocenters. The molecule has 2 heterocycles. The van der Waals surface area contributed by atoms with Crippen LogP contribution in [0.3, 0.4) is 0 Å². The zero-order valence-corrected chi connectivity index (χ0v) is 20.7. The number of rotatable bonds is 8. The summed E-state index contributed by atoms with van der Waals surface area (Å²) in [7, 11) is -3.82. The van der Waals surface area contributed by atoms with Crippen LogP contribution in [-0.2, 0) is 10.0 Å². The Hall–Kier alpha value is -4.37. The van der Waals surface area contributed by atoms with E-state index in [1.165, 1.54) is 0 Å². The van der Waals surface area contributed by atoms with E-state index in [1.54, 1.807) is 41.2 Å². The summed E-state index contributed by atoms with van der Waals surface area (Å²) in [6.07, 6.45) is 1.55. The monoisotopic (exact) mass is 499 g/mol. The highest BCUT2D eigenvalue weighted by Gasteiger charge is 2.17. The van der Waals surface area contributed by atoms with Crippen molar-refractivity contribution in [3.8, 4) is 11.4 Å². The van der Waals surface area contributed by atoms with Crippen molar-refractivity contribution in [2.75, 3.05) is 16.6 Å². The van der Waals surface area contributed by atoms with Crippen molar-refractivity contribution in [3.63, 3.8) is 0 Å². The van der Waals surface area contributed by atoms with Crippen molar-refractivity contribution >= 4 is 38.1 Å². The van der Waals surface area contributed by atoms with Crippen molar-refractivity contribution in [1.29, 1.82) is 0 Å². The molecule has 0 atom stereocenters. The lowest BCUT2D eigenvalue weighted by Gasteiger charge is -2.13. The molecule has 0 aliphatic carbocycles. The lowest BCUT2D eigenvalue weighted by Crippen LogP contribution is -2.16. The summed E-state index contributed by atoms with van der Waals surface area (Å²) >= 11 is 0. The highest BCUT2D eigenvalue weighted by Crippen LogP contribution is 2.30. The van der Waals surface area contributed by atoms with Crippen molar-refractivity contribution in [3.05, 3.63) is 96.8 Å². The van der Waals surface area contributed by atoms with E-state index < -0.39 is 10.0 Å². The minimum atomic E-state index is -3.82. The number of fused-ring (bicyclic) bond motifs is 1. The van der Waals surface area contributed by atoms with Gasteiger partial charge in [-0.1, -0.05) is 18.2 Å². The number of para-hydroxylation sites is 1. The average Bonchev–Trinajstić information content (AvgIpc) is 3.33. The van der Waals surface area contributed by atoms with Gasteiger partial charge in [-0.2, -0.15) is 5.10 Å². The van der Waals surface area contributed by atoms with Crippen LogP contribution in [0.5, 0.6) is 5.75 Å². The van der Waals surface area contributed by atoms with Gasteiger partial charge in [0.2, 0.25) is 0 Å². The van der Waals surface area contributed by atoms with Gasteiger partial charge in [-0.05, 0) is 74.5 Å². The van der Waals surface area contributed by atoms with Gasteiger partial charge in [0.1, 0.15) is 11.6 Å². The Morgan fingerprint density at radius 1 is 0.944 bits per heavy atom. The second kappa shape index (κ2) is 9.71. The van der Waals surface area contributed by atoms with Crippen LogP contribution in [0.2, 0.25) is 0 Å². The highest BCUT2D eigenvalue weighted by atomic mass is 32.2. The first-order valence-electron chi connectivity index (χ1n) is 11.5. The first-order chi connectivity index (χ1) is 17.4. The van der Waals surface area contributed by atoms with E-state index in [9.17, 15) is 8.42 Å². The Kier molecular flexibility index (Phi) is 6.30. The Morgan fingerprint density at radius 2 is 1.72 bits per heavy atom. The van der Waals surface area contributed by atoms with E-state index >= 15 is 0 Å². The molecule has 182 valence electrons. The zero-order chi connectivity index (χ0) is 25.1. The number of nitrogens with zero attached hydrogens (tertiary/aromatic N) is 3. The molecule has 5 rings (SSSR count). The maximum atomic E-state index is 13.1. The second-order valence-electron chi connectivity index (χ2n) is 8.14. The Labute approximate surface area is 209 Å². The molecule has 0 radical (unpaired) electrons. The third kappa shape index (κ3) is 4.87. The minimum absolute atomic E-state index is 0.142. The fraction of sp³-hybridized carbons (Fsp3) is 0.111. The van der Waals surface area contributed by atoms with Gasteiger partial charge >= 0.3 is 0 Å². The molecule has 0 bridgehead atoms. The third-order valence-electron chi connectivity index (χ3n) is 5.55. The SMILES string of the molecule is CCOc1ccc2nc(C)cc(Nc3ccc(S(=O)(=O)Nc4ccnn4-c4ccccc4)cc3)c2c1. The number of aryl methyl sites for hydroxylation is 1. The van der Waals surface area contributed by atoms with Crippen LogP contribution in [0, 0.1) is 6.92 Å². The van der Waals surface area contributed by atoms with Crippen LogP contribution in [0.25, 0.3) is 16.6 Å². The molecule has 3 aromatic carbocycles. The van der Waals surface area contributed by atoms with Crippen LogP contribution >= 0.6 is 0 Å². The van der Waals surface area contributed by atoms with Crippen LogP contribution in [0.4, 0.5) is 17.2 Å². The molecule has 0 saturated carbocycles. The van der Waals surface area contributed by atoms with Gasteiger partial charge < -0.3 is 10.1 Å². The Balaban J connectivity index is 1.39. The van der Waals surface area contributed by atoms with E-state index in [1.807, 2.05) is 68.4 Å². The first kappa shape index (κ1) is 23.4. The Bertz CT molecular complexity index is 1620. The van der Waals surface area contributed by atoms with E-state index in [4.69, 9.17) is 4.74 Å². The van der Waals surface area contributed by atoms with E-state index in [0.29, 0.717) is 12.4 Å². The van der Waals surface area contributed by atoms with Gasteiger partial charge in [0.15, 0.2) is 0 Å². The van der Waals surface area contributed by atoms with Crippen LogP contribution in [0.1, 0.15) is 12.6 Å². The largest absolute Gasteiger partial charge is 0.494 e. The molecular weight excluding hydrogens is 474 g/mol. The molecule has 0 fully saturated rings. The van der Waals surface area contributed by atoms with E-state index in [2.05, 4.69) is 20.1 Å². The quantitative estimate of drug-likeness (QED) is 0.285. The standard InChI is InChI=1S/C27H25N5O3S/c1-3-35-22-11-14-25-24(18-22)26(17-19(2)29-25)30-20-9-12-23(13-10-20)36(33,34)31-27-15-16-28-32(27)21-7-5-4-6-8-21/h4-18,31H,3H2,1-2H3,(H,29,30). The van der Waals surface area contributed by atoms with Gasteiger partial charge in [-0.3, -0.25) is 9.71 Å². The normalized spacial score (nSPS) is 11.4. The second-order valence-corrected chi connectivity index (χ2v) is 9.82. The van der Waals surface area contributed by atoms with Gasteiger partial charge in [-0.25, -0.2) is 13.1 Å². The number of nitrogens with one attached hydrogen (secondary N) is 2. The fourth-order valence-corrected chi connectivity index (χ4v) is 4.96. The zero-order valence-electron chi connectivity index (χ0n) is 19.8. The molecule has 2 N–H and O–H groups in total. The summed E-state index contributed by atoms with van der Waals surface area (Å²) in [5, 5.41) is 8.54. The fourth-order valence-electron chi connectivity index (χ4n) is 3.92. The number of aromatic nitrogens is 3. The molecular formula is C27H25N5O3S.